The second-order valence-electron chi connectivity index (χ2n) is 4.29. The van der Waals surface area contributed by atoms with Crippen molar-refractivity contribution >= 4 is 10.0 Å². The Morgan fingerprint density at radius 1 is 1.47 bits per heavy atom. The highest BCUT2D eigenvalue weighted by Crippen LogP contribution is 2.25. The van der Waals surface area contributed by atoms with E-state index in [0.29, 0.717) is 24.5 Å². The second-order valence-corrected chi connectivity index (χ2v) is 6.17. The van der Waals surface area contributed by atoms with Crippen LogP contribution in [0.4, 0.5) is 0 Å². The van der Waals surface area contributed by atoms with Gasteiger partial charge in [0.2, 0.25) is 10.0 Å². The van der Waals surface area contributed by atoms with Crippen molar-refractivity contribution in [2.45, 2.75) is 31.2 Å². The molecule has 0 aromatic carbocycles. The molecule has 1 aromatic heterocycles. The summed E-state index contributed by atoms with van der Waals surface area (Å²) in [6.07, 6.45) is 0.832. The van der Waals surface area contributed by atoms with Gasteiger partial charge in [-0.2, -0.15) is 4.31 Å². The van der Waals surface area contributed by atoms with Gasteiger partial charge in [0.1, 0.15) is 10.6 Å². The third kappa shape index (κ3) is 2.10. The highest BCUT2D eigenvalue weighted by Gasteiger charge is 2.35. The lowest BCUT2D eigenvalue weighted by Gasteiger charge is -2.15. The van der Waals surface area contributed by atoms with Gasteiger partial charge in [-0.25, -0.2) is 8.42 Å². The molecule has 2 heterocycles. The zero-order valence-corrected chi connectivity index (χ0v) is 11.0. The molecule has 1 aromatic rings. The van der Waals surface area contributed by atoms with E-state index in [-0.39, 0.29) is 10.9 Å². The molecule has 1 unspecified atom stereocenters. The molecule has 96 valence electrons. The van der Waals surface area contributed by atoms with E-state index in [1.807, 2.05) is 7.05 Å². The molecule has 1 saturated heterocycles. The van der Waals surface area contributed by atoms with Crippen molar-refractivity contribution < 1.29 is 12.9 Å². The Kier molecular flexibility index (Phi) is 3.24. The van der Waals surface area contributed by atoms with Gasteiger partial charge in [0, 0.05) is 19.1 Å². The van der Waals surface area contributed by atoms with Crippen LogP contribution in [0.1, 0.15) is 17.9 Å². The maximum Gasteiger partial charge on any atom is 0.248 e. The molecule has 0 saturated carbocycles. The lowest BCUT2D eigenvalue weighted by atomic mass is 10.3. The molecule has 0 amide bonds. The van der Waals surface area contributed by atoms with Gasteiger partial charge in [-0.3, -0.25) is 0 Å². The van der Waals surface area contributed by atoms with Crippen LogP contribution in [-0.2, 0) is 10.0 Å². The molecule has 1 atom stereocenters. The summed E-state index contributed by atoms with van der Waals surface area (Å²) in [5.41, 5.74) is 0.426. The van der Waals surface area contributed by atoms with Gasteiger partial charge in [0.05, 0.1) is 0 Å². The predicted molar refractivity (Wildman–Crippen MR) is 62.2 cm³/mol. The molecule has 1 aliphatic rings. The first-order valence-corrected chi connectivity index (χ1v) is 7.01. The number of aromatic nitrogens is 1. The summed E-state index contributed by atoms with van der Waals surface area (Å²) in [6.45, 7) is 4.31. The molecule has 2 rings (SSSR count). The SMILES string of the molecule is CNC1CCN(S(=O)(=O)c2c(C)noc2C)C1. The van der Waals surface area contributed by atoms with Crippen molar-refractivity contribution in [1.82, 2.24) is 14.8 Å². The third-order valence-corrected chi connectivity index (χ3v) is 5.24. The molecule has 0 radical (unpaired) electrons. The molecule has 1 N–H and O–H groups in total. The first-order valence-electron chi connectivity index (χ1n) is 5.57. The second kappa shape index (κ2) is 4.40. The van der Waals surface area contributed by atoms with Crippen molar-refractivity contribution in [2.75, 3.05) is 20.1 Å². The molecule has 0 spiro atoms. The summed E-state index contributed by atoms with van der Waals surface area (Å²) in [6, 6.07) is 0.227. The summed E-state index contributed by atoms with van der Waals surface area (Å²) >= 11 is 0. The summed E-state index contributed by atoms with van der Waals surface area (Å²) < 4.78 is 31.2. The first-order chi connectivity index (χ1) is 7.96. The minimum atomic E-state index is -3.46. The van der Waals surface area contributed by atoms with Crippen LogP contribution in [0.25, 0.3) is 0 Å². The monoisotopic (exact) mass is 259 g/mol. The number of rotatable bonds is 3. The Bertz CT molecular complexity index is 489. The van der Waals surface area contributed by atoms with Gasteiger partial charge in [0.25, 0.3) is 0 Å². The van der Waals surface area contributed by atoms with Gasteiger partial charge < -0.3 is 9.84 Å². The van der Waals surface area contributed by atoms with Crippen molar-refractivity contribution in [1.29, 1.82) is 0 Å². The summed E-state index contributed by atoms with van der Waals surface area (Å²) in [4.78, 5) is 0.217. The Balaban J connectivity index is 2.32. The lowest BCUT2D eigenvalue weighted by molar-refractivity contribution is 0.389. The number of hydrogen-bond donors (Lipinski definition) is 1. The Morgan fingerprint density at radius 2 is 2.18 bits per heavy atom. The van der Waals surface area contributed by atoms with Crippen LogP contribution in [0.15, 0.2) is 9.42 Å². The molecule has 6 nitrogen and oxygen atoms in total. The average molecular weight is 259 g/mol. The van der Waals surface area contributed by atoms with Crippen molar-refractivity contribution in [3.63, 3.8) is 0 Å². The van der Waals surface area contributed by atoms with Crippen molar-refractivity contribution in [2.24, 2.45) is 0 Å². The quantitative estimate of drug-likeness (QED) is 0.843. The lowest BCUT2D eigenvalue weighted by Crippen LogP contribution is -2.33. The zero-order chi connectivity index (χ0) is 12.6. The van der Waals surface area contributed by atoms with Crippen LogP contribution in [0.5, 0.6) is 0 Å². The average Bonchev–Trinajstić information content (AvgIpc) is 2.85. The summed E-state index contributed by atoms with van der Waals surface area (Å²) in [5, 5.41) is 6.79. The fourth-order valence-electron chi connectivity index (χ4n) is 2.15. The normalized spacial score (nSPS) is 22.2. The largest absolute Gasteiger partial charge is 0.360 e. The van der Waals surface area contributed by atoms with Gasteiger partial charge in [0.15, 0.2) is 5.76 Å². The van der Waals surface area contributed by atoms with Gasteiger partial charge in [-0.15, -0.1) is 0 Å². The number of hydrogen-bond acceptors (Lipinski definition) is 5. The number of aryl methyl sites for hydroxylation is 2. The third-order valence-electron chi connectivity index (χ3n) is 3.12. The van der Waals surface area contributed by atoms with Crippen LogP contribution in [0, 0.1) is 13.8 Å². The van der Waals surface area contributed by atoms with E-state index < -0.39 is 10.0 Å². The number of nitrogens with one attached hydrogen (secondary N) is 1. The van der Waals surface area contributed by atoms with Crippen LogP contribution in [0.3, 0.4) is 0 Å². The molecule has 1 aliphatic heterocycles. The number of nitrogens with zero attached hydrogens (tertiary/aromatic N) is 2. The molecular weight excluding hydrogens is 242 g/mol. The minimum Gasteiger partial charge on any atom is -0.360 e. The highest BCUT2D eigenvalue weighted by molar-refractivity contribution is 7.89. The van der Waals surface area contributed by atoms with Crippen LogP contribution in [0.2, 0.25) is 0 Å². The molecule has 17 heavy (non-hydrogen) atoms. The fourth-order valence-corrected chi connectivity index (χ4v) is 3.95. The van der Waals surface area contributed by atoms with Gasteiger partial charge in [-0.1, -0.05) is 5.16 Å². The van der Waals surface area contributed by atoms with Crippen LogP contribution in [-0.4, -0.2) is 44.1 Å². The Labute approximate surface area is 101 Å². The summed E-state index contributed by atoms with van der Waals surface area (Å²) in [5.74, 6) is 0.357. The van der Waals surface area contributed by atoms with E-state index in [4.69, 9.17) is 4.52 Å². The number of likely N-dealkylation sites (N-methyl/N-ethyl adjacent to an activating group) is 1. The number of sulfonamides is 1. The van der Waals surface area contributed by atoms with Crippen LogP contribution < -0.4 is 5.32 Å². The van der Waals surface area contributed by atoms with E-state index in [2.05, 4.69) is 10.5 Å². The Hall–Kier alpha value is -0.920. The molecule has 1 fully saturated rings. The molecule has 0 aliphatic carbocycles. The van der Waals surface area contributed by atoms with Crippen LogP contribution >= 0.6 is 0 Å². The van der Waals surface area contributed by atoms with E-state index in [1.54, 1.807) is 13.8 Å². The molecular formula is C10H17N3O3S. The minimum absolute atomic E-state index is 0.217. The maximum atomic E-state index is 12.4. The smallest absolute Gasteiger partial charge is 0.248 e. The van der Waals surface area contributed by atoms with E-state index in [9.17, 15) is 8.42 Å². The molecule has 7 heteroatoms. The molecule has 0 bridgehead atoms. The van der Waals surface area contributed by atoms with E-state index >= 15 is 0 Å². The zero-order valence-electron chi connectivity index (χ0n) is 10.2. The first kappa shape index (κ1) is 12.5. The summed E-state index contributed by atoms with van der Waals surface area (Å²) in [7, 11) is -1.62. The highest BCUT2D eigenvalue weighted by atomic mass is 32.2. The van der Waals surface area contributed by atoms with E-state index in [0.717, 1.165) is 6.42 Å². The predicted octanol–water partition coefficient (Wildman–Crippen LogP) is 0.274. The van der Waals surface area contributed by atoms with Gasteiger partial charge >= 0.3 is 0 Å². The fraction of sp³-hybridized carbons (Fsp3) is 0.700. The van der Waals surface area contributed by atoms with Gasteiger partial charge in [-0.05, 0) is 27.3 Å². The van der Waals surface area contributed by atoms with Crippen molar-refractivity contribution in [3.8, 4) is 0 Å². The Morgan fingerprint density at radius 3 is 2.65 bits per heavy atom. The topological polar surface area (TPSA) is 75.4 Å². The standard InChI is InChI=1S/C10H17N3O3S/c1-7-10(8(2)16-12-7)17(14,15)13-5-4-9(6-13)11-3/h9,11H,4-6H2,1-3H3. The maximum absolute atomic E-state index is 12.4. The van der Waals surface area contributed by atoms with Crippen molar-refractivity contribution in [3.05, 3.63) is 11.5 Å². The van der Waals surface area contributed by atoms with E-state index in [1.165, 1.54) is 4.31 Å².